The van der Waals surface area contributed by atoms with E-state index in [9.17, 15) is 9.59 Å². The van der Waals surface area contributed by atoms with Gasteiger partial charge in [-0.05, 0) is 31.1 Å². The Balaban J connectivity index is 4.89. The number of Topliss-reactive ketones (excluding diaryl/α,β-unsaturated/α-hetero) is 1. The fraction of sp³-hybridized carbons (Fsp3) is 0.733. The van der Waals surface area contributed by atoms with Crippen LogP contribution in [0.1, 0.15) is 47.5 Å². The highest BCUT2D eigenvalue weighted by atomic mass is 16.1. The Morgan fingerprint density at radius 1 is 1.28 bits per heavy atom. The number of hydrogen-bond acceptors (Lipinski definition) is 2. The van der Waals surface area contributed by atoms with E-state index < -0.39 is 0 Å². The molecule has 3 nitrogen and oxygen atoms in total. The Morgan fingerprint density at radius 3 is 2.11 bits per heavy atom. The van der Waals surface area contributed by atoms with E-state index in [1.807, 2.05) is 6.92 Å². The lowest BCUT2D eigenvalue weighted by molar-refractivity contribution is -0.120. The molecule has 2 atom stereocenters. The second-order valence-electron chi connectivity index (χ2n) is 5.68. The first-order chi connectivity index (χ1) is 8.16. The van der Waals surface area contributed by atoms with Gasteiger partial charge >= 0.3 is 0 Å². The van der Waals surface area contributed by atoms with Crippen LogP contribution in [0.3, 0.4) is 0 Å². The first kappa shape index (κ1) is 16.9. The number of nitrogens with one attached hydrogen (secondary N) is 1. The third kappa shape index (κ3) is 3.97. The van der Waals surface area contributed by atoms with E-state index >= 15 is 0 Å². The van der Waals surface area contributed by atoms with Crippen LogP contribution < -0.4 is 5.32 Å². The third-order valence-corrected chi connectivity index (χ3v) is 4.26. The molecule has 0 rings (SSSR count). The van der Waals surface area contributed by atoms with Crippen LogP contribution in [-0.2, 0) is 9.59 Å². The van der Waals surface area contributed by atoms with Gasteiger partial charge in [-0.25, -0.2) is 0 Å². The predicted molar refractivity (Wildman–Crippen MR) is 75.2 cm³/mol. The van der Waals surface area contributed by atoms with E-state index in [2.05, 4.69) is 32.7 Å². The zero-order valence-electron chi connectivity index (χ0n) is 12.6. The lowest BCUT2D eigenvalue weighted by Gasteiger charge is -2.35. The fourth-order valence-electron chi connectivity index (χ4n) is 1.92. The van der Waals surface area contributed by atoms with Crippen molar-refractivity contribution in [3.05, 3.63) is 12.2 Å². The van der Waals surface area contributed by atoms with E-state index in [1.165, 1.54) is 0 Å². The fourth-order valence-corrected chi connectivity index (χ4v) is 1.92. The summed E-state index contributed by atoms with van der Waals surface area (Å²) in [6.07, 6.45) is 1.59. The van der Waals surface area contributed by atoms with Crippen LogP contribution in [0.25, 0.3) is 0 Å². The van der Waals surface area contributed by atoms with Gasteiger partial charge in [0.1, 0.15) is 5.78 Å². The summed E-state index contributed by atoms with van der Waals surface area (Å²) in [7, 11) is 1.62. The van der Waals surface area contributed by atoms with Gasteiger partial charge in [0.2, 0.25) is 5.91 Å². The molecule has 0 aliphatic rings. The summed E-state index contributed by atoms with van der Waals surface area (Å²) >= 11 is 0. The molecule has 1 amide bonds. The molecule has 0 aromatic heterocycles. The molecule has 0 aromatic carbocycles. The summed E-state index contributed by atoms with van der Waals surface area (Å²) in [4.78, 5) is 23.1. The van der Waals surface area contributed by atoms with E-state index in [0.29, 0.717) is 11.5 Å². The van der Waals surface area contributed by atoms with Gasteiger partial charge in [0, 0.05) is 18.5 Å². The minimum Gasteiger partial charge on any atom is -0.355 e. The van der Waals surface area contributed by atoms with Crippen LogP contribution in [0.4, 0.5) is 0 Å². The first-order valence-corrected chi connectivity index (χ1v) is 6.58. The van der Waals surface area contributed by atoms with Crippen LogP contribution in [0.5, 0.6) is 0 Å². The molecule has 0 radical (unpaired) electrons. The highest BCUT2D eigenvalue weighted by Gasteiger charge is 2.35. The van der Waals surface area contributed by atoms with Gasteiger partial charge in [-0.3, -0.25) is 9.59 Å². The SMILES string of the molecule is C=C(C(=O)NC)[C@](C)(CCC(C)C(C)=O)C(C)C. The molecule has 0 aliphatic heterocycles. The van der Waals surface area contributed by atoms with Crippen molar-refractivity contribution in [2.75, 3.05) is 7.05 Å². The van der Waals surface area contributed by atoms with Crippen molar-refractivity contribution in [1.29, 1.82) is 0 Å². The Bertz CT molecular complexity index is 333. The van der Waals surface area contributed by atoms with Crippen molar-refractivity contribution in [1.82, 2.24) is 5.32 Å². The Hall–Kier alpha value is -1.12. The topological polar surface area (TPSA) is 46.2 Å². The van der Waals surface area contributed by atoms with Gasteiger partial charge in [0.05, 0.1) is 0 Å². The number of ketones is 1. The van der Waals surface area contributed by atoms with Crippen molar-refractivity contribution >= 4 is 11.7 Å². The molecule has 3 heteroatoms. The van der Waals surface area contributed by atoms with E-state index in [4.69, 9.17) is 0 Å². The van der Waals surface area contributed by atoms with E-state index in [-0.39, 0.29) is 23.0 Å². The Morgan fingerprint density at radius 2 is 1.78 bits per heavy atom. The average Bonchev–Trinajstić information content (AvgIpc) is 2.32. The van der Waals surface area contributed by atoms with Crippen molar-refractivity contribution in [2.45, 2.75) is 47.5 Å². The maximum atomic E-state index is 11.8. The number of likely N-dealkylation sites (N-methyl/N-ethyl adjacent to an activating group) is 1. The summed E-state index contributed by atoms with van der Waals surface area (Å²) in [6, 6.07) is 0. The summed E-state index contributed by atoms with van der Waals surface area (Å²) in [5.41, 5.74) is 0.347. The number of carbonyl (C=O) groups is 2. The first-order valence-electron chi connectivity index (χ1n) is 6.58. The summed E-state index contributed by atoms with van der Waals surface area (Å²) < 4.78 is 0. The van der Waals surface area contributed by atoms with Gasteiger partial charge in [-0.1, -0.05) is 34.3 Å². The van der Waals surface area contributed by atoms with Crippen LogP contribution in [-0.4, -0.2) is 18.7 Å². The highest BCUT2D eigenvalue weighted by Crippen LogP contribution is 2.40. The largest absolute Gasteiger partial charge is 0.355 e. The monoisotopic (exact) mass is 253 g/mol. The predicted octanol–water partition coefficient (Wildman–Crippen LogP) is 2.96. The van der Waals surface area contributed by atoms with Gasteiger partial charge in [-0.2, -0.15) is 0 Å². The molecule has 0 aromatic rings. The van der Waals surface area contributed by atoms with Gasteiger partial charge < -0.3 is 5.32 Å². The van der Waals surface area contributed by atoms with Crippen molar-refractivity contribution in [2.24, 2.45) is 17.3 Å². The van der Waals surface area contributed by atoms with Gasteiger partial charge in [0.25, 0.3) is 0 Å². The maximum Gasteiger partial charge on any atom is 0.246 e. The highest BCUT2D eigenvalue weighted by molar-refractivity contribution is 5.93. The molecule has 18 heavy (non-hydrogen) atoms. The minimum atomic E-state index is -0.260. The van der Waals surface area contributed by atoms with Crippen LogP contribution >= 0.6 is 0 Å². The molecule has 0 heterocycles. The molecule has 0 aliphatic carbocycles. The lowest BCUT2D eigenvalue weighted by Crippen LogP contribution is -2.35. The van der Waals surface area contributed by atoms with Gasteiger partial charge in [-0.15, -0.1) is 0 Å². The molecular weight excluding hydrogens is 226 g/mol. The van der Waals surface area contributed by atoms with Gasteiger partial charge in [0.15, 0.2) is 0 Å². The second-order valence-corrected chi connectivity index (χ2v) is 5.68. The van der Waals surface area contributed by atoms with Crippen molar-refractivity contribution in [3.63, 3.8) is 0 Å². The zero-order chi connectivity index (χ0) is 14.5. The van der Waals surface area contributed by atoms with Crippen molar-refractivity contribution < 1.29 is 9.59 Å². The number of rotatable bonds is 7. The smallest absolute Gasteiger partial charge is 0.246 e. The average molecular weight is 253 g/mol. The maximum absolute atomic E-state index is 11.8. The summed E-state index contributed by atoms with van der Waals surface area (Å²) in [5.74, 6) is 0.440. The Kier molecular flexibility index (Phi) is 6.30. The number of hydrogen-bond donors (Lipinski definition) is 1. The Labute approximate surface area is 111 Å². The molecule has 1 unspecified atom stereocenters. The molecule has 0 saturated carbocycles. The zero-order valence-corrected chi connectivity index (χ0v) is 12.6. The van der Waals surface area contributed by atoms with E-state index in [0.717, 1.165) is 12.8 Å². The summed E-state index contributed by atoms with van der Waals surface area (Å²) in [5, 5.41) is 2.63. The molecule has 0 fully saturated rings. The lowest BCUT2D eigenvalue weighted by atomic mass is 9.69. The third-order valence-electron chi connectivity index (χ3n) is 4.26. The summed E-state index contributed by atoms with van der Waals surface area (Å²) in [6.45, 7) is 13.7. The van der Waals surface area contributed by atoms with Crippen molar-refractivity contribution in [3.8, 4) is 0 Å². The number of amides is 1. The second kappa shape index (κ2) is 6.72. The molecule has 0 saturated heterocycles. The minimum absolute atomic E-state index is 0.0422. The molecular formula is C15H27NO2. The molecule has 104 valence electrons. The molecule has 1 N–H and O–H groups in total. The van der Waals surface area contributed by atoms with Crippen LogP contribution in [0, 0.1) is 17.3 Å². The molecule has 0 spiro atoms. The van der Waals surface area contributed by atoms with Crippen LogP contribution in [0.2, 0.25) is 0 Å². The number of carbonyl (C=O) groups excluding carboxylic acids is 2. The van der Waals surface area contributed by atoms with E-state index in [1.54, 1.807) is 14.0 Å². The molecule has 0 bridgehead atoms. The quantitative estimate of drug-likeness (QED) is 0.709. The standard InChI is InChI=1S/C15H27NO2/c1-10(2)15(6,12(4)14(18)16-7)9-8-11(3)13(5)17/h10-11H,4,8-9H2,1-3,5-7H3,(H,16,18)/t11?,15-/m1/s1. The normalized spacial score (nSPS) is 15.9. The van der Waals surface area contributed by atoms with Crippen LogP contribution in [0.15, 0.2) is 12.2 Å².